The fraction of sp³-hybridized carbons (Fsp3) is 0.192. The number of fused-ring (bicyclic) bond motifs is 1. The van der Waals surface area contributed by atoms with E-state index in [9.17, 15) is 9.59 Å². The lowest BCUT2D eigenvalue weighted by molar-refractivity contribution is 0.0763. The number of amides is 3. The second kappa shape index (κ2) is 9.57. The molecule has 3 aromatic carbocycles. The van der Waals surface area contributed by atoms with Crippen LogP contribution in [-0.2, 0) is 0 Å². The number of carbonyl (C=O) groups excluding carboxylic acids is 2. The van der Waals surface area contributed by atoms with Crippen LogP contribution >= 0.6 is 11.6 Å². The molecule has 8 heteroatoms. The van der Waals surface area contributed by atoms with Crippen LogP contribution in [0.4, 0.5) is 10.5 Å². The molecule has 1 fully saturated rings. The summed E-state index contributed by atoms with van der Waals surface area (Å²) in [5.74, 6) is 0.573. The second-order valence-corrected chi connectivity index (χ2v) is 8.62. The van der Waals surface area contributed by atoms with Crippen molar-refractivity contribution in [2.24, 2.45) is 0 Å². The number of nitrogens with one attached hydrogen (secondary N) is 1. The van der Waals surface area contributed by atoms with Gasteiger partial charge < -0.3 is 19.6 Å². The van der Waals surface area contributed by atoms with Crippen LogP contribution in [0.25, 0.3) is 22.2 Å². The molecule has 0 spiro atoms. The molecule has 4 aromatic rings. The Hall–Kier alpha value is -3.84. The minimum absolute atomic E-state index is 0.0702. The van der Waals surface area contributed by atoms with Crippen LogP contribution in [0.3, 0.4) is 0 Å². The molecule has 0 saturated carbocycles. The number of aromatic nitrogens is 1. The van der Waals surface area contributed by atoms with Crippen molar-refractivity contribution in [1.29, 1.82) is 0 Å². The molecule has 34 heavy (non-hydrogen) atoms. The van der Waals surface area contributed by atoms with Crippen molar-refractivity contribution >= 4 is 40.1 Å². The highest BCUT2D eigenvalue weighted by Crippen LogP contribution is 2.29. The van der Waals surface area contributed by atoms with Gasteiger partial charge >= 0.3 is 6.03 Å². The van der Waals surface area contributed by atoms with Gasteiger partial charge in [0.05, 0.1) is 5.39 Å². The first-order valence-corrected chi connectivity index (χ1v) is 11.5. The largest absolute Gasteiger partial charge is 0.355 e. The monoisotopic (exact) mass is 474 g/mol. The van der Waals surface area contributed by atoms with Gasteiger partial charge in [-0.3, -0.25) is 4.79 Å². The zero-order valence-electron chi connectivity index (χ0n) is 18.4. The third-order valence-electron chi connectivity index (χ3n) is 5.91. The van der Waals surface area contributed by atoms with Gasteiger partial charge in [-0.1, -0.05) is 53.2 Å². The van der Waals surface area contributed by atoms with Crippen LogP contribution in [0.15, 0.2) is 77.3 Å². The number of benzene rings is 3. The summed E-state index contributed by atoms with van der Waals surface area (Å²) in [5.41, 5.74) is 2.83. The quantitative estimate of drug-likeness (QED) is 0.423. The van der Waals surface area contributed by atoms with E-state index < -0.39 is 0 Å². The summed E-state index contributed by atoms with van der Waals surface area (Å²) in [7, 11) is 0. The highest BCUT2D eigenvalue weighted by molar-refractivity contribution is 6.30. The molecule has 0 unspecified atom stereocenters. The molecule has 5 rings (SSSR count). The van der Waals surface area contributed by atoms with Gasteiger partial charge in [-0.05, 0) is 42.8 Å². The second-order valence-electron chi connectivity index (χ2n) is 8.18. The van der Waals surface area contributed by atoms with Gasteiger partial charge in [0, 0.05) is 48.0 Å². The van der Waals surface area contributed by atoms with E-state index in [1.165, 1.54) is 0 Å². The number of hydrogen-bond acceptors (Lipinski definition) is 4. The Morgan fingerprint density at radius 1 is 0.882 bits per heavy atom. The standard InChI is InChI=1S/C26H23ClN4O3/c27-20-8-4-9-21(17-20)28-26(33)31-13-5-12-30(14-15-31)25(32)19-10-11-23-22(16-19)24(34-29-23)18-6-2-1-3-7-18/h1-4,6-11,16-17H,5,12-15H2,(H,28,33). The molecular formula is C26H23ClN4O3. The van der Waals surface area contributed by atoms with E-state index in [0.29, 0.717) is 60.2 Å². The van der Waals surface area contributed by atoms with Crippen LogP contribution in [0.1, 0.15) is 16.8 Å². The van der Waals surface area contributed by atoms with Crippen LogP contribution in [-0.4, -0.2) is 53.1 Å². The Balaban J connectivity index is 1.29. The van der Waals surface area contributed by atoms with E-state index >= 15 is 0 Å². The molecule has 172 valence electrons. The summed E-state index contributed by atoms with van der Waals surface area (Å²) in [6.45, 7) is 2.05. The molecule has 1 aliphatic heterocycles. The number of carbonyl (C=O) groups is 2. The van der Waals surface area contributed by atoms with Crippen molar-refractivity contribution in [3.05, 3.63) is 83.4 Å². The van der Waals surface area contributed by atoms with Crippen LogP contribution in [0, 0.1) is 0 Å². The maximum absolute atomic E-state index is 13.3. The van der Waals surface area contributed by atoms with Crippen molar-refractivity contribution in [2.75, 3.05) is 31.5 Å². The minimum atomic E-state index is -0.199. The smallest absolute Gasteiger partial charge is 0.321 e. The molecule has 7 nitrogen and oxygen atoms in total. The molecule has 1 saturated heterocycles. The molecule has 0 aliphatic carbocycles. The number of nitrogens with zero attached hydrogens (tertiary/aromatic N) is 3. The number of rotatable bonds is 3. The molecular weight excluding hydrogens is 452 g/mol. The average Bonchev–Trinajstić information content (AvgIpc) is 3.11. The first-order chi connectivity index (χ1) is 16.6. The number of hydrogen-bond donors (Lipinski definition) is 1. The van der Waals surface area contributed by atoms with E-state index in [2.05, 4.69) is 10.5 Å². The fourth-order valence-electron chi connectivity index (χ4n) is 4.15. The molecule has 1 aromatic heterocycles. The van der Waals surface area contributed by atoms with Gasteiger partial charge in [-0.25, -0.2) is 4.79 Å². The van der Waals surface area contributed by atoms with Crippen molar-refractivity contribution in [3.8, 4) is 11.3 Å². The fourth-order valence-corrected chi connectivity index (χ4v) is 4.34. The minimum Gasteiger partial charge on any atom is -0.355 e. The van der Waals surface area contributed by atoms with Crippen molar-refractivity contribution in [1.82, 2.24) is 15.0 Å². The van der Waals surface area contributed by atoms with E-state index in [-0.39, 0.29) is 11.9 Å². The molecule has 2 heterocycles. The normalized spacial score (nSPS) is 14.1. The maximum Gasteiger partial charge on any atom is 0.321 e. The molecule has 1 N–H and O–H groups in total. The van der Waals surface area contributed by atoms with Crippen molar-refractivity contribution < 1.29 is 14.1 Å². The van der Waals surface area contributed by atoms with Crippen molar-refractivity contribution in [3.63, 3.8) is 0 Å². The van der Waals surface area contributed by atoms with E-state index in [0.717, 1.165) is 10.9 Å². The topological polar surface area (TPSA) is 78.7 Å². The summed E-state index contributed by atoms with van der Waals surface area (Å²) in [4.78, 5) is 29.6. The number of urea groups is 1. The van der Waals surface area contributed by atoms with Gasteiger partial charge in [0.2, 0.25) is 0 Å². The molecule has 0 radical (unpaired) electrons. The van der Waals surface area contributed by atoms with Gasteiger partial charge in [-0.2, -0.15) is 0 Å². The Kier molecular flexibility index (Phi) is 6.18. The van der Waals surface area contributed by atoms with E-state index in [4.69, 9.17) is 16.1 Å². The van der Waals surface area contributed by atoms with E-state index in [1.54, 1.807) is 46.2 Å². The Labute approximate surface area is 201 Å². The summed E-state index contributed by atoms with van der Waals surface area (Å²) in [5, 5.41) is 8.37. The Bertz CT molecular complexity index is 1340. The summed E-state index contributed by atoms with van der Waals surface area (Å²) in [6, 6.07) is 22.0. The van der Waals surface area contributed by atoms with Gasteiger partial charge in [0.1, 0.15) is 5.52 Å². The van der Waals surface area contributed by atoms with Gasteiger partial charge in [-0.15, -0.1) is 0 Å². The summed E-state index contributed by atoms with van der Waals surface area (Å²) >= 11 is 6.01. The number of halogens is 1. The third-order valence-corrected chi connectivity index (χ3v) is 6.14. The zero-order chi connectivity index (χ0) is 23.5. The summed E-state index contributed by atoms with van der Waals surface area (Å²) < 4.78 is 5.56. The predicted molar refractivity (Wildman–Crippen MR) is 132 cm³/mol. The average molecular weight is 475 g/mol. The van der Waals surface area contributed by atoms with E-state index in [1.807, 2.05) is 36.4 Å². The van der Waals surface area contributed by atoms with Crippen molar-refractivity contribution in [2.45, 2.75) is 6.42 Å². The highest BCUT2D eigenvalue weighted by Gasteiger charge is 2.24. The molecule has 0 atom stereocenters. The van der Waals surface area contributed by atoms with Crippen LogP contribution in [0.5, 0.6) is 0 Å². The predicted octanol–water partition coefficient (Wildman–Crippen LogP) is 5.53. The van der Waals surface area contributed by atoms with Gasteiger partial charge in [0.25, 0.3) is 5.91 Å². The van der Waals surface area contributed by atoms with Crippen LogP contribution < -0.4 is 5.32 Å². The Morgan fingerprint density at radius 3 is 2.50 bits per heavy atom. The number of anilines is 1. The molecule has 1 aliphatic rings. The lowest BCUT2D eigenvalue weighted by Gasteiger charge is -2.22. The molecule has 3 amide bonds. The maximum atomic E-state index is 13.3. The SMILES string of the molecule is O=C(Nc1cccc(Cl)c1)N1CCCN(C(=O)c2ccc3noc(-c4ccccc4)c3c2)CC1. The zero-order valence-corrected chi connectivity index (χ0v) is 19.2. The first-order valence-electron chi connectivity index (χ1n) is 11.1. The van der Waals surface area contributed by atoms with Gasteiger partial charge in [0.15, 0.2) is 5.76 Å². The lowest BCUT2D eigenvalue weighted by atomic mass is 10.1. The molecule has 0 bridgehead atoms. The van der Waals surface area contributed by atoms with Crippen LogP contribution in [0.2, 0.25) is 5.02 Å². The summed E-state index contributed by atoms with van der Waals surface area (Å²) in [6.07, 6.45) is 0.694. The lowest BCUT2D eigenvalue weighted by Crippen LogP contribution is -2.39. The Morgan fingerprint density at radius 2 is 1.68 bits per heavy atom. The third kappa shape index (κ3) is 4.61. The highest BCUT2D eigenvalue weighted by atomic mass is 35.5. The first kappa shape index (κ1) is 22.0.